The fourth-order valence-corrected chi connectivity index (χ4v) is 2.56. The number of nitrogens with zero attached hydrogens (tertiary/aromatic N) is 1. The molecule has 0 aliphatic carbocycles. The van der Waals surface area contributed by atoms with E-state index in [1.807, 2.05) is 29.2 Å². The Morgan fingerprint density at radius 1 is 1.36 bits per heavy atom. The van der Waals surface area contributed by atoms with Crippen LogP contribution >= 0.6 is 12.4 Å². The van der Waals surface area contributed by atoms with Crippen molar-refractivity contribution < 1.29 is 14.3 Å². The number of benzene rings is 1. The van der Waals surface area contributed by atoms with Crippen molar-refractivity contribution in [2.75, 3.05) is 20.2 Å². The molecule has 1 unspecified atom stereocenters. The van der Waals surface area contributed by atoms with Gasteiger partial charge in [-0.3, -0.25) is 4.79 Å². The van der Waals surface area contributed by atoms with Crippen molar-refractivity contribution in [2.24, 2.45) is 5.73 Å². The number of para-hydroxylation sites is 1. The summed E-state index contributed by atoms with van der Waals surface area (Å²) < 4.78 is 11.3. The van der Waals surface area contributed by atoms with Gasteiger partial charge in [0.2, 0.25) is 5.91 Å². The Morgan fingerprint density at radius 2 is 2.00 bits per heavy atom. The molecule has 6 heteroatoms. The first-order valence-corrected chi connectivity index (χ1v) is 7.39. The smallest absolute Gasteiger partial charge is 0.239 e. The number of amides is 1. The Bertz CT molecular complexity index is 474. The van der Waals surface area contributed by atoms with Crippen molar-refractivity contribution in [1.82, 2.24) is 4.90 Å². The lowest BCUT2D eigenvalue weighted by Crippen LogP contribution is -2.47. The molecule has 2 N–H and O–H groups in total. The van der Waals surface area contributed by atoms with Crippen molar-refractivity contribution in [3.05, 3.63) is 29.8 Å². The molecule has 1 aromatic rings. The Kier molecular flexibility index (Phi) is 7.65. The predicted octanol–water partition coefficient (Wildman–Crippen LogP) is 1.97. The van der Waals surface area contributed by atoms with Crippen molar-refractivity contribution in [3.8, 4) is 5.75 Å². The van der Waals surface area contributed by atoms with Crippen LogP contribution in [0, 0.1) is 0 Å². The average Bonchev–Trinajstić information content (AvgIpc) is 2.52. The molecule has 1 amide bonds. The van der Waals surface area contributed by atoms with Gasteiger partial charge in [0.15, 0.2) is 0 Å². The van der Waals surface area contributed by atoms with Crippen molar-refractivity contribution in [2.45, 2.75) is 38.5 Å². The molecular formula is C16H25ClN2O3. The second-order valence-electron chi connectivity index (χ2n) is 5.44. The van der Waals surface area contributed by atoms with Crippen LogP contribution in [0.5, 0.6) is 5.75 Å². The highest BCUT2D eigenvalue weighted by Gasteiger charge is 2.24. The number of nitrogens with two attached hydrogens (primary N) is 1. The van der Waals surface area contributed by atoms with Crippen LogP contribution in [0.25, 0.3) is 0 Å². The quantitative estimate of drug-likeness (QED) is 0.897. The number of carbonyl (C=O) groups is 1. The lowest BCUT2D eigenvalue weighted by atomic mass is 10.1. The van der Waals surface area contributed by atoms with Gasteiger partial charge in [0, 0.05) is 18.7 Å². The summed E-state index contributed by atoms with van der Waals surface area (Å²) in [5, 5.41) is 0. The zero-order valence-corrected chi connectivity index (χ0v) is 14.0. The van der Waals surface area contributed by atoms with Gasteiger partial charge in [0.1, 0.15) is 5.75 Å². The molecule has 124 valence electrons. The molecule has 0 aromatic heterocycles. The molecule has 0 radical (unpaired) electrons. The maximum Gasteiger partial charge on any atom is 0.239 e. The first-order valence-electron chi connectivity index (χ1n) is 7.39. The molecule has 1 saturated heterocycles. The Balaban J connectivity index is 0.00000242. The van der Waals surface area contributed by atoms with Gasteiger partial charge in [0.05, 0.1) is 25.9 Å². The second kappa shape index (κ2) is 8.98. The fraction of sp³-hybridized carbons (Fsp3) is 0.562. The van der Waals surface area contributed by atoms with Crippen LogP contribution in [0.2, 0.25) is 0 Å². The number of hydrogen-bond donors (Lipinski definition) is 1. The minimum atomic E-state index is -0.420. The second-order valence-corrected chi connectivity index (χ2v) is 5.44. The molecule has 1 heterocycles. The van der Waals surface area contributed by atoms with E-state index in [1.165, 1.54) is 0 Å². The van der Waals surface area contributed by atoms with E-state index >= 15 is 0 Å². The van der Waals surface area contributed by atoms with Crippen LogP contribution in [-0.2, 0) is 16.1 Å². The number of rotatable bonds is 5. The fourth-order valence-electron chi connectivity index (χ4n) is 2.56. The van der Waals surface area contributed by atoms with Gasteiger partial charge in [-0.2, -0.15) is 0 Å². The summed E-state index contributed by atoms with van der Waals surface area (Å²) in [4.78, 5) is 13.6. The normalized spacial score (nSPS) is 16.8. The van der Waals surface area contributed by atoms with Crippen molar-refractivity contribution in [3.63, 3.8) is 0 Å². The van der Waals surface area contributed by atoms with Gasteiger partial charge in [-0.05, 0) is 25.8 Å². The number of carbonyl (C=O) groups excluding carboxylic acids is 1. The summed E-state index contributed by atoms with van der Waals surface area (Å²) in [5.74, 6) is 0.875. The van der Waals surface area contributed by atoms with Crippen molar-refractivity contribution >= 4 is 18.3 Å². The van der Waals surface area contributed by atoms with Gasteiger partial charge in [-0.25, -0.2) is 0 Å². The number of likely N-dealkylation sites (tertiary alicyclic amines) is 1. The van der Waals surface area contributed by atoms with Gasteiger partial charge in [-0.1, -0.05) is 18.2 Å². The highest BCUT2D eigenvalue weighted by Crippen LogP contribution is 2.21. The molecule has 2 rings (SSSR count). The van der Waals surface area contributed by atoms with Crippen LogP contribution in [0.4, 0.5) is 0 Å². The Labute approximate surface area is 138 Å². The van der Waals surface area contributed by atoms with Crippen LogP contribution in [0.1, 0.15) is 25.3 Å². The van der Waals surface area contributed by atoms with E-state index in [-0.39, 0.29) is 24.4 Å². The number of halogens is 1. The van der Waals surface area contributed by atoms with E-state index in [0.29, 0.717) is 6.61 Å². The van der Waals surface area contributed by atoms with Crippen LogP contribution in [0.15, 0.2) is 24.3 Å². The molecule has 22 heavy (non-hydrogen) atoms. The third-order valence-corrected chi connectivity index (χ3v) is 3.81. The molecule has 1 atom stereocenters. The number of piperidine rings is 1. The molecule has 5 nitrogen and oxygen atoms in total. The minimum Gasteiger partial charge on any atom is -0.496 e. The van der Waals surface area contributed by atoms with Crippen LogP contribution in [-0.4, -0.2) is 43.2 Å². The Morgan fingerprint density at radius 3 is 2.59 bits per heavy atom. The lowest BCUT2D eigenvalue weighted by Gasteiger charge is -2.33. The van der Waals surface area contributed by atoms with E-state index < -0.39 is 6.04 Å². The summed E-state index contributed by atoms with van der Waals surface area (Å²) in [7, 11) is 1.66. The van der Waals surface area contributed by atoms with E-state index in [2.05, 4.69) is 0 Å². The van der Waals surface area contributed by atoms with Crippen LogP contribution in [0.3, 0.4) is 0 Å². The summed E-state index contributed by atoms with van der Waals surface area (Å²) in [6, 6.07) is 7.44. The summed E-state index contributed by atoms with van der Waals surface area (Å²) in [6.07, 6.45) is 1.90. The monoisotopic (exact) mass is 328 g/mol. The largest absolute Gasteiger partial charge is 0.496 e. The topological polar surface area (TPSA) is 64.8 Å². The predicted molar refractivity (Wildman–Crippen MR) is 88.3 cm³/mol. The molecule has 0 saturated carbocycles. The summed E-state index contributed by atoms with van der Waals surface area (Å²) in [6.45, 7) is 3.70. The number of methoxy groups -OCH3 is 1. The standard InChI is InChI=1S/C16H24N2O3.ClH/c1-12(17)16(19)18-9-7-14(8-10-18)21-11-13-5-3-4-6-15(13)20-2;/h3-6,12,14H,7-11,17H2,1-2H3;1H. The van der Waals surface area contributed by atoms with E-state index in [0.717, 1.165) is 37.2 Å². The minimum absolute atomic E-state index is 0. The molecule has 0 bridgehead atoms. The number of ether oxygens (including phenoxy) is 2. The van der Waals surface area contributed by atoms with E-state index in [4.69, 9.17) is 15.2 Å². The summed E-state index contributed by atoms with van der Waals surface area (Å²) in [5.41, 5.74) is 6.68. The first kappa shape index (κ1) is 18.7. The van der Waals surface area contributed by atoms with Gasteiger partial charge < -0.3 is 20.1 Å². The lowest BCUT2D eigenvalue weighted by molar-refractivity contribution is -0.135. The zero-order chi connectivity index (χ0) is 15.2. The van der Waals surface area contributed by atoms with Crippen LogP contribution < -0.4 is 10.5 Å². The SMILES string of the molecule is COc1ccccc1COC1CCN(C(=O)C(C)N)CC1.Cl. The van der Waals surface area contributed by atoms with Gasteiger partial charge >= 0.3 is 0 Å². The Hall–Kier alpha value is -1.30. The molecule has 1 fully saturated rings. The maximum atomic E-state index is 11.8. The molecule has 1 aliphatic heterocycles. The van der Waals surface area contributed by atoms with Crippen molar-refractivity contribution in [1.29, 1.82) is 0 Å². The molecule has 1 aromatic carbocycles. The highest BCUT2D eigenvalue weighted by molar-refractivity contribution is 5.85. The third-order valence-electron chi connectivity index (χ3n) is 3.81. The number of hydrogen-bond acceptors (Lipinski definition) is 4. The molecule has 1 aliphatic rings. The average molecular weight is 329 g/mol. The first-order chi connectivity index (χ1) is 10.1. The van der Waals surface area contributed by atoms with E-state index in [9.17, 15) is 4.79 Å². The van der Waals surface area contributed by atoms with Gasteiger partial charge in [-0.15, -0.1) is 12.4 Å². The summed E-state index contributed by atoms with van der Waals surface area (Å²) >= 11 is 0. The van der Waals surface area contributed by atoms with E-state index in [1.54, 1.807) is 14.0 Å². The highest BCUT2D eigenvalue weighted by atomic mass is 35.5. The third kappa shape index (κ3) is 4.87. The molecular weight excluding hydrogens is 304 g/mol. The molecule has 0 spiro atoms. The van der Waals surface area contributed by atoms with Gasteiger partial charge in [0.25, 0.3) is 0 Å². The zero-order valence-electron chi connectivity index (χ0n) is 13.2. The maximum absolute atomic E-state index is 11.8.